The van der Waals surface area contributed by atoms with Crippen molar-refractivity contribution >= 4 is 5.97 Å². The van der Waals surface area contributed by atoms with Crippen LogP contribution < -0.4 is 0 Å². The molecule has 70 valence electrons. The minimum Gasteiger partial charge on any atom is -0.453 e. The number of rotatable bonds is 2. The number of alkyl halides is 3. The van der Waals surface area contributed by atoms with Crippen LogP contribution in [0, 0.1) is 0 Å². The molecule has 0 aromatic heterocycles. The fourth-order valence-electron chi connectivity index (χ4n) is 0.379. The van der Waals surface area contributed by atoms with Gasteiger partial charge in [0, 0.05) is 5.57 Å². The fourth-order valence-corrected chi connectivity index (χ4v) is 0.379. The molecular weight excluding hydrogens is 173 g/mol. The molecule has 0 N–H and O–H groups in total. The molecule has 0 aliphatic carbocycles. The molecule has 0 aromatic carbocycles. The van der Waals surface area contributed by atoms with Crippen molar-refractivity contribution in [3.8, 4) is 0 Å². The highest BCUT2D eigenvalue weighted by molar-refractivity contribution is 5.87. The molecule has 12 heavy (non-hydrogen) atoms. The van der Waals surface area contributed by atoms with Gasteiger partial charge in [0.05, 0.1) is 0 Å². The van der Waals surface area contributed by atoms with Gasteiger partial charge in [0.25, 0.3) is 0 Å². The molecule has 0 saturated carbocycles. The van der Waals surface area contributed by atoms with Crippen molar-refractivity contribution in [2.24, 2.45) is 0 Å². The summed E-state index contributed by atoms with van der Waals surface area (Å²) in [5.41, 5.74) is 0.166. The van der Waals surface area contributed by atoms with Gasteiger partial charge < -0.3 is 4.74 Å². The van der Waals surface area contributed by atoms with Crippen molar-refractivity contribution in [1.82, 2.24) is 0 Å². The first-order chi connectivity index (χ1) is 5.37. The van der Waals surface area contributed by atoms with Crippen molar-refractivity contribution in [1.29, 1.82) is 0 Å². The van der Waals surface area contributed by atoms with Gasteiger partial charge in [-0.15, -0.1) is 0 Å². The zero-order valence-electron chi connectivity index (χ0n) is 6.73. The van der Waals surface area contributed by atoms with Crippen LogP contribution >= 0.6 is 0 Å². The Balaban J connectivity index is 3.89. The third-order valence-electron chi connectivity index (χ3n) is 1.12. The third kappa shape index (κ3) is 4.76. The monoisotopic (exact) mass is 182 g/mol. The average Bonchev–Trinajstić information content (AvgIpc) is 1.97. The maximum absolute atomic E-state index is 11.5. The Kier molecular flexibility index (Phi) is 3.79. The van der Waals surface area contributed by atoms with Crippen molar-refractivity contribution in [3.63, 3.8) is 0 Å². The molecule has 0 radical (unpaired) electrons. The van der Waals surface area contributed by atoms with E-state index in [0.717, 1.165) is 0 Å². The number of carbonyl (C=O) groups is 1. The molecule has 0 amide bonds. The molecular formula is C7H9F3O2. The van der Waals surface area contributed by atoms with Gasteiger partial charge >= 0.3 is 12.1 Å². The number of halogens is 3. The van der Waals surface area contributed by atoms with E-state index in [-0.39, 0.29) is 5.57 Å². The lowest BCUT2D eigenvalue weighted by molar-refractivity contribution is -0.183. The van der Waals surface area contributed by atoms with Crippen LogP contribution in [0.2, 0.25) is 0 Å². The van der Waals surface area contributed by atoms with Gasteiger partial charge in [0.2, 0.25) is 0 Å². The Morgan fingerprint density at radius 3 is 2.33 bits per heavy atom. The van der Waals surface area contributed by atoms with Crippen LogP contribution in [0.4, 0.5) is 13.2 Å². The summed E-state index contributed by atoms with van der Waals surface area (Å²) < 4.78 is 38.4. The van der Waals surface area contributed by atoms with Gasteiger partial charge in [-0.3, -0.25) is 0 Å². The van der Waals surface area contributed by atoms with Crippen molar-refractivity contribution in [2.75, 3.05) is 6.61 Å². The topological polar surface area (TPSA) is 26.3 Å². The zero-order chi connectivity index (χ0) is 9.78. The molecule has 0 saturated heterocycles. The molecule has 0 atom stereocenters. The average molecular weight is 182 g/mol. The fraction of sp³-hybridized carbons (Fsp3) is 0.571. The normalized spacial score (nSPS) is 12.9. The van der Waals surface area contributed by atoms with E-state index in [1.807, 2.05) is 0 Å². The van der Waals surface area contributed by atoms with Gasteiger partial charge in [-0.05, 0) is 13.8 Å². The summed E-state index contributed by atoms with van der Waals surface area (Å²) >= 11 is 0. The molecule has 0 aromatic rings. The molecule has 0 fully saturated rings. The van der Waals surface area contributed by atoms with Crippen LogP contribution in [-0.2, 0) is 9.53 Å². The Morgan fingerprint density at radius 2 is 2.00 bits per heavy atom. The number of allylic oxidation sites excluding steroid dienone is 1. The maximum atomic E-state index is 11.5. The van der Waals surface area contributed by atoms with Crippen LogP contribution in [0.5, 0.6) is 0 Å². The SMILES string of the molecule is C/C=C(/C)C(=O)OCC(F)(F)F. The molecule has 0 heterocycles. The first kappa shape index (κ1) is 11.0. The first-order valence-electron chi connectivity index (χ1n) is 3.23. The lowest BCUT2D eigenvalue weighted by atomic mass is 10.3. The predicted molar refractivity (Wildman–Crippen MR) is 36.4 cm³/mol. The standard InChI is InChI=1S/C7H9F3O2/c1-3-5(2)6(11)12-4-7(8,9)10/h3H,4H2,1-2H3/b5-3-. The summed E-state index contributed by atoms with van der Waals surface area (Å²) in [4.78, 5) is 10.6. The third-order valence-corrected chi connectivity index (χ3v) is 1.12. The van der Waals surface area contributed by atoms with Crippen LogP contribution in [0.3, 0.4) is 0 Å². The minimum atomic E-state index is -4.45. The van der Waals surface area contributed by atoms with Crippen molar-refractivity contribution in [3.05, 3.63) is 11.6 Å². The Morgan fingerprint density at radius 1 is 1.50 bits per heavy atom. The van der Waals surface area contributed by atoms with E-state index in [4.69, 9.17) is 0 Å². The second kappa shape index (κ2) is 4.13. The smallest absolute Gasteiger partial charge is 0.422 e. The number of ether oxygens (including phenoxy) is 1. The lowest BCUT2D eigenvalue weighted by Gasteiger charge is -2.07. The highest BCUT2D eigenvalue weighted by Crippen LogP contribution is 2.15. The van der Waals surface area contributed by atoms with E-state index >= 15 is 0 Å². The Labute approximate surface area is 68.0 Å². The zero-order valence-corrected chi connectivity index (χ0v) is 6.73. The van der Waals surface area contributed by atoms with Gasteiger partial charge in [-0.2, -0.15) is 13.2 Å². The summed E-state index contributed by atoms with van der Waals surface area (Å²) in [5.74, 6) is -0.935. The maximum Gasteiger partial charge on any atom is 0.422 e. The van der Waals surface area contributed by atoms with E-state index < -0.39 is 18.8 Å². The molecule has 0 unspecified atom stereocenters. The van der Waals surface area contributed by atoms with E-state index in [0.29, 0.717) is 0 Å². The number of carbonyl (C=O) groups excluding carboxylic acids is 1. The predicted octanol–water partition coefficient (Wildman–Crippen LogP) is 2.06. The van der Waals surface area contributed by atoms with Crippen LogP contribution in [0.15, 0.2) is 11.6 Å². The molecule has 0 spiro atoms. The lowest BCUT2D eigenvalue weighted by Crippen LogP contribution is -2.20. The van der Waals surface area contributed by atoms with Gasteiger partial charge in [0.1, 0.15) is 0 Å². The van der Waals surface area contributed by atoms with E-state index in [1.54, 1.807) is 6.92 Å². The van der Waals surface area contributed by atoms with Crippen molar-refractivity contribution < 1.29 is 22.7 Å². The summed E-state index contributed by atoms with van der Waals surface area (Å²) in [6.45, 7) is 1.40. The van der Waals surface area contributed by atoms with Gasteiger partial charge in [-0.1, -0.05) is 6.08 Å². The van der Waals surface area contributed by atoms with Crippen molar-refractivity contribution in [2.45, 2.75) is 20.0 Å². The summed E-state index contributed by atoms with van der Waals surface area (Å²) in [5, 5.41) is 0. The molecule has 0 aliphatic heterocycles. The highest BCUT2D eigenvalue weighted by atomic mass is 19.4. The van der Waals surface area contributed by atoms with Gasteiger partial charge in [-0.25, -0.2) is 4.79 Å². The largest absolute Gasteiger partial charge is 0.453 e. The Bertz CT molecular complexity index is 193. The highest BCUT2D eigenvalue weighted by Gasteiger charge is 2.29. The Hall–Kier alpha value is -1.00. The summed E-state index contributed by atoms with van der Waals surface area (Å²) in [6.07, 6.45) is -3.07. The molecule has 0 bridgehead atoms. The summed E-state index contributed by atoms with van der Waals surface area (Å²) in [6, 6.07) is 0. The number of esters is 1. The number of hydrogen-bond donors (Lipinski definition) is 0. The minimum absolute atomic E-state index is 0.166. The molecule has 0 rings (SSSR count). The molecule has 5 heteroatoms. The van der Waals surface area contributed by atoms with Gasteiger partial charge in [0.15, 0.2) is 6.61 Å². The van der Waals surface area contributed by atoms with E-state index in [9.17, 15) is 18.0 Å². The molecule has 2 nitrogen and oxygen atoms in total. The number of hydrogen-bond acceptors (Lipinski definition) is 2. The van der Waals surface area contributed by atoms with Crippen LogP contribution in [-0.4, -0.2) is 18.8 Å². The summed E-state index contributed by atoms with van der Waals surface area (Å²) in [7, 11) is 0. The molecule has 0 aliphatic rings. The first-order valence-corrected chi connectivity index (χ1v) is 3.23. The second-order valence-corrected chi connectivity index (χ2v) is 2.16. The van der Waals surface area contributed by atoms with Crippen LogP contribution in [0.25, 0.3) is 0 Å². The van der Waals surface area contributed by atoms with E-state index in [2.05, 4.69) is 4.74 Å². The van der Waals surface area contributed by atoms with Crippen LogP contribution in [0.1, 0.15) is 13.8 Å². The van der Waals surface area contributed by atoms with E-state index in [1.165, 1.54) is 13.0 Å². The second-order valence-electron chi connectivity index (χ2n) is 2.16. The quantitative estimate of drug-likeness (QED) is 0.482.